The van der Waals surface area contributed by atoms with Crippen molar-refractivity contribution in [2.24, 2.45) is 0 Å². The van der Waals surface area contributed by atoms with Crippen LogP contribution in [0.2, 0.25) is 0 Å². The van der Waals surface area contributed by atoms with Gasteiger partial charge in [0.1, 0.15) is 12.4 Å². The van der Waals surface area contributed by atoms with E-state index in [-0.39, 0.29) is 36.4 Å². The van der Waals surface area contributed by atoms with Crippen molar-refractivity contribution < 1.29 is 9.59 Å². The summed E-state index contributed by atoms with van der Waals surface area (Å²) in [6.07, 6.45) is 0.392. The van der Waals surface area contributed by atoms with Crippen molar-refractivity contribution >= 4 is 28.5 Å². The summed E-state index contributed by atoms with van der Waals surface area (Å²) in [5, 5.41) is 0. The van der Waals surface area contributed by atoms with Crippen molar-refractivity contribution in [1.82, 2.24) is 14.5 Å². The van der Waals surface area contributed by atoms with Crippen LogP contribution in [0.15, 0.2) is 42.5 Å². The molecule has 1 atom stereocenters. The highest BCUT2D eigenvalue weighted by Crippen LogP contribution is 2.36. The predicted molar refractivity (Wildman–Crippen MR) is 132 cm³/mol. The van der Waals surface area contributed by atoms with Gasteiger partial charge in [0.25, 0.3) is 0 Å². The summed E-state index contributed by atoms with van der Waals surface area (Å²) in [5.41, 5.74) is 4.98. The van der Waals surface area contributed by atoms with E-state index < -0.39 is 0 Å². The SMILES string of the molecule is Cc1cccc(C)c1N1C[C@H](c2nc3ccccc3n2CC(=O)N(C(C)C)C(C)C)CC1=O. The quantitative estimate of drug-likeness (QED) is 0.545. The number of hydrogen-bond donors (Lipinski definition) is 0. The van der Waals surface area contributed by atoms with Gasteiger partial charge in [0.2, 0.25) is 11.8 Å². The number of hydrogen-bond acceptors (Lipinski definition) is 3. The molecule has 0 saturated carbocycles. The van der Waals surface area contributed by atoms with E-state index in [0.29, 0.717) is 13.0 Å². The minimum atomic E-state index is -0.0664. The van der Waals surface area contributed by atoms with E-state index in [9.17, 15) is 9.59 Å². The molecule has 6 heteroatoms. The van der Waals surface area contributed by atoms with Crippen LogP contribution in [0.1, 0.15) is 57.0 Å². The lowest BCUT2D eigenvalue weighted by atomic mass is 10.1. The fourth-order valence-corrected chi connectivity index (χ4v) is 5.29. The van der Waals surface area contributed by atoms with Crippen molar-refractivity contribution in [3.63, 3.8) is 0 Å². The molecular formula is C27H34N4O2. The number of carbonyl (C=O) groups excluding carboxylic acids is 2. The number of fused-ring (bicyclic) bond motifs is 1. The Balaban J connectivity index is 1.72. The molecule has 0 aliphatic carbocycles. The Labute approximate surface area is 196 Å². The lowest BCUT2D eigenvalue weighted by Crippen LogP contribution is -2.44. The van der Waals surface area contributed by atoms with Crippen LogP contribution in [0.25, 0.3) is 11.0 Å². The Bertz CT molecular complexity index is 1170. The van der Waals surface area contributed by atoms with Gasteiger partial charge in [-0.3, -0.25) is 9.59 Å². The number of amides is 2. The standard InChI is InChI=1S/C27H34N4O2/c1-17(2)31(18(3)4)25(33)16-29-23-13-8-7-12-22(23)28-27(29)21-14-24(32)30(15-21)26-19(5)10-9-11-20(26)6/h7-13,17-18,21H,14-16H2,1-6H3/t21-/m1/s1. The largest absolute Gasteiger partial charge is 0.336 e. The van der Waals surface area contributed by atoms with Crippen LogP contribution in [0.5, 0.6) is 0 Å². The lowest BCUT2D eigenvalue weighted by molar-refractivity contribution is -0.135. The number of anilines is 1. The van der Waals surface area contributed by atoms with E-state index in [2.05, 4.69) is 0 Å². The number of imidazole rings is 1. The zero-order valence-corrected chi connectivity index (χ0v) is 20.5. The van der Waals surface area contributed by atoms with Crippen molar-refractivity contribution in [1.29, 1.82) is 0 Å². The van der Waals surface area contributed by atoms with Crippen molar-refractivity contribution in [2.45, 2.75) is 72.5 Å². The van der Waals surface area contributed by atoms with E-state index in [4.69, 9.17) is 4.98 Å². The fraction of sp³-hybridized carbons (Fsp3) is 0.444. The Morgan fingerprint density at radius 1 is 1.03 bits per heavy atom. The second kappa shape index (κ2) is 9.00. The molecule has 0 radical (unpaired) electrons. The molecule has 1 saturated heterocycles. The van der Waals surface area contributed by atoms with Gasteiger partial charge < -0.3 is 14.4 Å². The smallest absolute Gasteiger partial charge is 0.243 e. The van der Waals surface area contributed by atoms with Gasteiger partial charge >= 0.3 is 0 Å². The first kappa shape index (κ1) is 23.0. The van der Waals surface area contributed by atoms with E-state index in [1.807, 2.05) is 98.4 Å². The van der Waals surface area contributed by atoms with Gasteiger partial charge in [-0.25, -0.2) is 4.98 Å². The van der Waals surface area contributed by atoms with Crippen LogP contribution in [0.4, 0.5) is 5.69 Å². The molecule has 2 amide bonds. The van der Waals surface area contributed by atoms with Crippen molar-refractivity contribution in [3.05, 3.63) is 59.4 Å². The summed E-state index contributed by atoms with van der Waals surface area (Å²) in [7, 11) is 0. The summed E-state index contributed by atoms with van der Waals surface area (Å²) >= 11 is 0. The molecular weight excluding hydrogens is 412 g/mol. The van der Waals surface area contributed by atoms with Crippen molar-refractivity contribution in [3.8, 4) is 0 Å². The highest BCUT2D eigenvalue weighted by molar-refractivity contribution is 5.98. The highest BCUT2D eigenvalue weighted by Gasteiger charge is 2.36. The minimum absolute atomic E-state index is 0.0664. The zero-order valence-electron chi connectivity index (χ0n) is 20.5. The molecule has 1 aromatic heterocycles. The third-order valence-corrected chi connectivity index (χ3v) is 6.58. The number of para-hydroxylation sites is 3. The molecule has 1 aliphatic rings. The minimum Gasteiger partial charge on any atom is -0.336 e. The van der Waals surface area contributed by atoms with Gasteiger partial charge in [0.15, 0.2) is 0 Å². The summed E-state index contributed by atoms with van der Waals surface area (Å²) in [4.78, 5) is 35.2. The molecule has 174 valence electrons. The summed E-state index contributed by atoms with van der Waals surface area (Å²) in [6.45, 7) is 13.1. The predicted octanol–water partition coefficient (Wildman–Crippen LogP) is 4.82. The maximum absolute atomic E-state index is 13.3. The fourth-order valence-electron chi connectivity index (χ4n) is 5.29. The molecule has 2 aromatic carbocycles. The molecule has 1 aliphatic heterocycles. The van der Waals surface area contributed by atoms with Crippen LogP contribution in [-0.2, 0) is 16.1 Å². The molecule has 1 fully saturated rings. The van der Waals surface area contributed by atoms with Gasteiger partial charge in [-0.15, -0.1) is 0 Å². The molecule has 33 heavy (non-hydrogen) atoms. The molecule has 0 N–H and O–H groups in total. The number of aryl methyl sites for hydroxylation is 2. The van der Waals surface area contributed by atoms with Crippen LogP contribution in [0, 0.1) is 13.8 Å². The zero-order chi connectivity index (χ0) is 23.9. The van der Waals surface area contributed by atoms with E-state index in [1.54, 1.807) is 0 Å². The molecule has 2 heterocycles. The lowest BCUT2D eigenvalue weighted by Gasteiger charge is -2.31. The average Bonchev–Trinajstić information content (AvgIpc) is 3.28. The molecule has 0 spiro atoms. The van der Waals surface area contributed by atoms with Gasteiger partial charge in [0, 0.05) is 36.7 Å². The van der Waals surface area contributed by atoms with Gasteiger partial charge in [0.05, 0.1) is 11.0 Å². The Morgan fingerprint density at radius 2 is 1.67 bits per heavy atom. The first-order chi connectivity index (χ1) is 15.7. The van der Waals surface area contributed by atoms with E-state index in [1.165, 1.54) is 0 Å². The van der Waals surface area contributed by atoms with Gasteiger partial charge in [-0.2, -0.15) is 0 Å². The van der Waals surface area contributed by atoms with Gasteiger partial charge in [-0.05, 0) is 64.8 Å². The molecule has 0 bridgehead atoms. The third kappa shape index (κ3) is 4.26. The Hall–Kier alpha value is -3.15. The Morgan fingerprint density at radius 3 is 2.30 bits per heavy atom. The molecule has 4 rings (SSSR count). The summed E-state index contributed by atoms with van der Waals surface area (Å²) < 4.78 is 2.03. The number of aromatic nitrogens is 2. The topological polar surface area (TPSA) is 58.4 Å². The molecule has 3 aromatic rings. The van der Waals surface area contributed by atoms with Crippen molar-refractivity contribution in [2.75, 3.05) is 11.4 Å². The van der Waals surface area contributed by atoms with Gasteiger partial charge in [-0.1, -0.05) is 30.3 Å². The second-order valence-electron chi connectivity index (χ2n) is 9.68. The van der Waals surface area contributed by atoms with Crippen LogP contribution in [-0.4, -0.2) is 44.9 Å². The Kier molecular flexibility index (Phi) is 6.28. The maximum atomic E-state index is 13.3. The first-order valence-electron chi connectivity index (χ1n) is 11.8. The van der Waals surface area contributed by atoms with Crippen LogP contribution < -0.4 is 4.90 Å². The van der Waals surface area contributed by atoms with E-state index >= 15 is 0 Å². The number of rotatable bonds is 6. The van der Waals surface area contributed by atoms with E-state index in [0.717, 1.165) is 33.7 Å². The first-order valence-corrected chi connectivity index (χ1v) is 11.8. The number of nitrogens with zero attached hydrogens (tertiary/aromatic N) is 4. The number of carbonyl (C=O) groups is 2. The maximum Gasteiger partial charge on any atom is 0.243 e. The normalized spacial score (nSPS) is 16.4. The average molecular weight is 447 g/mol. The monoisotopic (exact) mass is 446 g/mol. The van der Waals surface area contributed by atoms with Crippen LogP contribution >= 0.6 is 0 Å². The molecule has 0 unspecified atom stereocenters. The molecule has 6 nitrogen and oxygen atoms in total. The third-order valence-electron chi connectivity index (χ3n) is 6.58. The number of benzene rings is 2. The van der Waals surface area contributed by atoms with Crippen LogP contribution in [0.3, 0.4) is 0 Å². The summed E-state index contributed by atoms with van der Waals surface area (Å²) in [5.74, 6) is 0.927. The second-order valence-corrected chi connectivity index (χ2v) is 9.68. The summed E-state index contributed by atoms with van der Waals surface area (Å²) in [6, 6.07) is 14.3. The highest BCUT2D eigenvalue weighted by atomic mass is 16.2.